The van der Waals surface area contributed by atoms with Crippen LogP contribution in [0, 0.1) is 12.8 Å². The molecule has 0 aliphatic carbocycles. The molecule has 2 N–H and O–H groups in total. The summed E-state index contributed by atoms with van der Waals surface area (Å²) in [6, 6.07) is 2.11. The summed E-state index contributed by atoms with van der Waals surface area (Å²) in [5, 5.41) is 0. The standard InChI is InChI=1S/C12H20BrN3/c1-4-16(8-9(2)6-14)12-5-10(3)11(13)7-15-12/h5,7,9H,4,6,8,14H2,1-3H3. The molecular formula is C12H20BrN3. The summed E-state index contributed by atoms with van der Waals surface area (Å²) < 4.78 is 1.05. The molecule has 0 saturated heterocycles. The van der Waals surface area contributed by atoms with Gasteiger partial charge >= 0.3 is 0 Å². The second-order valence-electron chi connectivity index (χ2n) is 4.17. The van der Waals surface area contributed by atoms with Crippen molar-refractivity contribution in [3.05, 3.63) is 22.3 Å². The lowest BCUT2D eigenvalue weighted by Crippen LogP contribution is -2.32. The van der Waals surface area contributed by atoms with E-state index in [1.54, 1.807) is 0 Å². The van der Waals surface area contributed by atoms with E-state index in [0.29, 0.717) is 12.5 Å². The molecule has 4 heteroatoms. The van der Waals surface area contributed by atoms with Crippen LogP contribution in [0.25, 0.3) is 0 Å². The fraction of sp³-hybridized carbons (Fsp3) is 0.583. The van der Waals surface area contributed by atoms with Crippen LogP contribution in [0.2, 0.25) is 0 Å². The highest BCUT2D eigenvalue weighted by atomic mass is 79.9. The maximum Gasteiger partial charge on any atom is 0.128 e. The third-order valence-electron chi connectivity index (χ3n) is 2.67. The van der Waals surface area contributed by atoms with Gasteiger partial charge in [-0.3, -0.25) is 0 Å². The van der Waals surface area contributed by atoms with Crippen molar-refractivity contribution in [3.63, 3.8) is 0 Å². The topological polar surface area (TPSA) is 42.1 Å². The lowest BCUT2D eigenvalue weighted by molar-refractivity contribution is 0.573. The van der Waals surface area contributed by atoms with Gasteiger partial charge < -0.3 is 10.6 Å². The Kier molecular flexibility index (Phi) is 5.22. The predicted molar refractivity (Wildman–Crippen MR) is 72.8 cm³/mol. The van der Waals surface area contributed by atoms with Gasteiger partial charge in [0.2, 0.25) is 0 Å². The number of nitrogens with zero attached hydrogens (tertiary/aromatic N) is 2. The molecule has 0 aromatic carbocycles. The number of hydrogen-bond donors (Lipinski definition) is 1. The lowest BCUT2D eigenvalue weighted by Gasteiger charge is -2.25. The van der Waals surface area contributed by atoms with Gasteiger partial charge in [0.1, 0.15) is 5.82 Å². The minimum atomic E-state index is 0.491. The quantitative estimate of drug-likeness (QED) is 0.904. The number of aromatic nitrogens is 1. The van der Waals surface area contributed by atoms with Gasteiger partial charge in [-0.25, -0.2) is 4.98 Å². The molecular weight excluding hydrogens is 266 g/mol. The van der Waals surface area contributed by atoms with Crippen LogP contribution in [0.4, 0.5) is 5.82 Å². The number of anilines is 1. The maximum absolute atomic E-state index is 5.65. The van der Waals surface area contributed by atoms with Gasteiger partial charge in [0.25, 0.3) is 0 Å². The normalized spacial score (nSPS) is 12.6. The number of rotatable bonds is 5. The first-order valence-electron chi connectivity index (χ1n) is 5.65. The van der Waals surface area contributed by atoms with E-state index in [9.17, 15) is 0 Å². The summed E-state index contributed by atoms with van der Waals surface area (Å²) in [7, 11) is 0. The Balaban J connectivity index is 2.82. The first-order chi connectivity index (χ1) is 7.58. The van der Waals surface area contributed by atoms with Gasteiger partial charge in [0, 0.05) is 23.8 Å². The molecule has 1 atom stereocenters. The van der Waals surface area contributed by atoms with Crippen LogP contribution in [0.3, 0.4) is 0 Å². The Morgan fingerprint density at radius 2 is 2.25 bits per heavy atom. The summed E-state index contributed by atoms with van der Waals surface area (Å²) in [5.74, 6) is 1.52. The van der Waals surface area contributed by atoms with Gasteiger partial charge in [-0.2, -0.15) is 0 Å². The average Bonchev–Trinajstić information content (AvgIpc) is 2.29. The van der Waals surface area contributed by atoms with E-state index < -0.39 is 0 Å². The van der Waals surface area contributed by atoms with Crippen LogP contribution < -0.4 is 10.6 Å². The fourth-order valence-corrected chi connectivity index (χ4v) is 1.75. The maximum atomic E-state index is 5.65. The Hall–Kier alpha value is -0.610. The van der Waals surface area contributed by atoms with E-state index in [2.05, 4.69) is 52.7 Å². The summed E-state index contributed by atoms with van der Waals surface area (Å²) in [5.41, 5.74) is 6.86. The Bertz CT molecular complexity index is 341. The van der Waals surface area contributed by atoms with Crippen molar-refractivity contribution in [3.8, 4) is 0 Å². The molecule has 0 amide bonds. The molecule has 0 aliphatic heterocycles. The molecule has 0 radical (unpaired) electrons. The molecule has 1 aromatic heterocycles. The zero-order valence-corrected chi connectivity index (χ0v) is 11.8. The first-order valence-corrected chi connectivity index (χ1v) is 6.45. The third-order valence-corrected chi connectivity index (χ3v) is 3.50. The van der Waals surface area contributed by atoms with E-state index in [1.165, 1.54) is 5.56 Å². The molecule has 16 heavy (non-hydrogen) atoms. The van der Waals surface area contributed by atoms with Crippen molar-refractivity contribution in [2.24, 2.45) is 11.7 Å². The van der Waals surface area contributed by atoms with E-state index in [0.717, 1.165) is 23.4 Å². The molecule has 0 bridgehead atoms. The van der Waals surface area contributed by atoms with Crippen molar-refractivity contribution in [2.75, 3.05) is 24.5 Å². The Morgan fingerprint density at radius 1 is 1.56 bits per heavy atom. The van der Waals surface area contributed by atoms with Gasteiger partial charge in [0.15, 0.2) is 0 Å². The molecule has 0 spiro atoms. The molecule has 3 nitrogen and oxygen atoms in total. The lowest BCUT2D eigenvalue weighted by atomic mass is 10.1. The summed E-state index contributed by atoms with van der Waals surface area (Å²) in [6.07, 6.45) is 1.86. The number of halogens is 1. The zero-order chi connectivity index (χ0) is 12.1. The number of hydrogen-bond acceptors (Lipinski definition) is 3. The van der Waals surface area contributed by atoms with E-state index in [-0.39, 0.29) is 0 Å². The van der Waals surface area contributed by atoms with Crippen molar-refractivity contribution >= 4 is 21.7 Å². The smallest absolute Gasteiger partial charge is 0.128 e. The van der Waals surface area contributed by atoms with Crippen LogP contribution in [0.15, 0.2) is 16.7 Å². The molecule has 90 valence electrons. The van der Waals surface area contributed by atoms with E-state index in [1.807, 2.05) is 6.20 Å². The monoisotopic (exact) mass is 285 g/mol. The highest BCUT2D eigenvalue weighted by Crippen LogP contribution is 2.20. The average molecular weight is 286 g/mol. The van der Waals surface area contributed by atoms with E-state index in [4.69, 9.17) is 5.73 Å². The summed E-state index contributed by atoms with van der Waals surface area (Å²) in [6.45, 7) is 9.01. The van der Waals surface area contributed by atoms with Crippen molar-refractivity contribution < 1.29 is 0 Å². The molecule has 0 fully saturated rings. The summed E-state index contributed by atoms with van der Waals surface area (Å²) >= 11 is 3.46. The van der Waals surface area contributed by atoms with Crippen LogP contribution in [0.1, 0.15) is 19.4 Å². The van der Waals surface area contributed by atoms with Gasteiger partial charge in [-0.1, -0.05) is 6.92 Å². The SMILES string of the molecule is CCN(CC(C)CN)c1cc(C)c(Br)cn1. The fourth-order valence-electron chi connectivity index (χ4n) is 1.53. The van der Waals surface area contributed by atoms with Gasteiger partial charge in [-0.05, 0) is 53.9 Å². The molecule has 1 rings (SSSR count). The van der Waals surface area contributed by atoms with Gasteiger partial charge in [-0.15, -0.1) is 0 Å². The van der Waals surface area contributed by atoms with Gasteiger partial charge in [0.05, 0.1) is 0 Å². The largest absolute Gasteiger partial charge is 0.357 e. The zero-order valence-electron chi connectivity index (χ0n) is 10.2. The summed E-state index contributed by atoms with van der Waals surface area (Å²) in [4.78, 5) is 6.70. The van der Waals surface area contributed by atoms with Crippen LogP contribution in [0.5, 0.6) is 0 Å². The molecule has 1 unspecified atom stereocenters. The van der Waals surface area contributed by atoms with Crippen molar-refractivity contribution in [1.29, 1.82) is 0 Å². The van der Waals surface area contributed by atoms with Crippen LogP contribution >= 0.6 is 15.9 Å². The molecule has 0 saturated carbocycles. The minimum absolute atomic E-state index is 0.491. The second kappa shape index (κ2) is 6.21. The highest BCUT2D eigenvalue weighted by Gasteiger charge is 2.10. The number of nitrogens with two attached hydrogens (primary N) is 1. The predicted octanol–water partition coefficient (Wildman–Crippen LogP) is 2.57. The molecule has 1 heterocycles. The first kappa shape index (κ1) is 13.5. The molecule has 0 aliphatic rings. The van der Waals surface area contributed by atoms with Crippen molar-refractivity contribution in [2.45, 2.75) is 20.8 Å². The molecule has 1 aromatic rings. The van der Waals surface area contributed by atoms with Crippen molar-refractivity contribution in [1.82, 2.24) is 4.98 Å². The van der Waals surface area contributed by atoms with E-state index >= 15 is 0 Å². The number of pyridine rings is 1. The van der Waals surface area contributed by atoms with Crippen LogP contribution in [-0.4, -0.2) is 24.6 Å². The van der Waals surface area contributed by atoms with Crippen LogP contribution in [-0.2, 0) is 0 Å². The third kappa shape index (κ3) is 3.46. The number of aryl methyl sites for hydroxylation is 1. The Labute approximate surface area is 106 Å². The minimum Gasteiger partial charge on any atom is -0.357 e. The highest BCUT2D eigenvalue weighted by molar-refractivity contribution is 9.10. The second-order valence-corrected chi connectivity index (χ2v) is 5.03. The Morgan fingerprint density at radius 3 is 2.75 bits per heavy atom.